The molecule has 0 fully saturated rings. The third-order valence-electron chi connectivity index (χ3n) is 1.18. The lowest BCUT2D eigenvalue weighted by atomic mass is 10.2. The highest BCUT2D eigenvalue weighted by Gasteiger charge is 1.82. The lowest BCUT2D eigenvalue weighted by Gasteiger charge is -1.88. The average molecular weight is 126 g/mol. The van der Waals surface area contributed by atoms with Crippen molar-refractivity contribution in [1.82, 2.24) is 0 Å². The van der Waals surface area contributed by atoms with Crippen molar-refractivity contribution in [3.8, 4) is 0 Å². The molecule has 0 aliphatic rings. The van der Waals surface area contributed by atoms with E-state index in [2.05, 4.69) is 6.08 Å². The number of hydrogen-bond acceptors (Lipinski definition) is 1. The van der Waals surface area contributed by atoms with Crippen LogP contribution in [0.1, 0.15) is 32.6 Å². The largest absolute Gasteiger partial charge is 0.303 e. The lowest BCUT2D eigenvalue weighted by Crippen LogP contribution is -1.75. The molecule has 0 aromatic heterocycles. The Bertz CT molecular complexity index is 84.6. The first-order valence-electron chi connectivity index (χ1n) is 3.46. The summed E-state index contributed by atoms with van der Waals surface area (Å²) in [4.78, 5) is 9.82. The van der Waals surface area contributed by atoms with E-state index in [1.807, 2.05) is 13.0 Å². The van der Waals surface area contributed by atoms with Crippen molar-refractivity contribution < 1.29 is 4.79 Å². The Morgan fingerprint density at radius 3 is 2.44 bits per heavy atom. The minimum absolute atomic E-state index is 0.720. The first-order chi connectivity index (χ1) is 4.41. The molecule has 0 saturated carbocycles. The van der Waals surface area contributed by atoms with Crippen LogP contribution in [0.25, 0.3) is 0 Å². The number of aldehydes is 1. The van der Waals surface area contributed by atoms with Gasteiger partial charge in [0, 0.05) is 6.42 Å². The van der Waals surface area contributed by atoms with Crippen LogP contribution in [0, 0.1) is 0 Å². The maximum atomic E-state index is 9.82. The van der Waals surface area contributed by atoms with Crippen molar-refractivity contribution in [3.63, 3.8) is 0 Å². The molecule has 1 nitrogen and oxygen atoms in total. The van der Waals surface area contributed by atoms with E-state index >= 15 is 0 Å². The monoisotopic (exact) mass is 126 g/mol. The van der Waals surface area contributed by atoms with Crippen LogP contribution in [0.3, 0.4) is 0 Å². The van der Waals surface area contributed by atoms with Crippen LogP contribution >= 0.6 is 0 Å². The summed E-state index contributed by atoms with van der Waals surface area (Å²) in [6, 6.07) is 0. The molecule has 0 amide bonds. The third kappa shape index (κ3) is 7.41. The van der Waals surface area contributed by atoms with Gasteiger partial charge in [-0.25, -0.2) is 0 Å². The normalized spacial score (nSPS) is 10.3. The molecule has 0 rings (SSSR count). The number of rotatable bonds is 5. The van der Waals surface area contributed by atoms with Gasteiger partial charge in [-0.1, -0.05) is 12.2 Å². The van der Waals surface area contributed by atoms with Crippen LogP contribution < -0.4 is 0 Å². The molecule has 0 spiro atoms. The Morgan fingerprint density at radius 1 is 1.22 bits per heavy atom. The molecule has 0 aromatic rings. The molecule has 0 radical (unpaired) electrons. The second kappa shape index (κ2) is 7.41. The topological polar surface area (TPSA) is 17.1 Å². The molecule has 0 aromatic carbocycles. The minimum atomic E-state index is 0.720. The van der Waals surface area contributed by atoms with Gasteiger partial charge in [-0.3, -0.25) is 0 Å². The van der Waals surface area contributed by atoms with E-state index < -0.39 is 0 Å². The molecule has 0 unspecified atom stereocenters. The van der Waals surface area contributed by atoms with Crippen LogP contribution in [0.15, 0.2) is 12.2 Å². The zero-order chi connectivity index (χ0) is 6.95. The van der Waals surface area contributed by atoms with Gasteiger partial charge in [-0.15, -0.1) is 0 Å². The molecule has 0 heterocycles. The number of hydrogen-bond donors (Lipinski definition) is 0. The summed E-state index contributed by atoms with van der Waals surface area (Å²) < 4.78 is 0. The Hall–Kier alpha value is -0.590. The second-order valence-corrected chi connectivity index (χ2v) is 2.02. The quantitative estimate of drug-likeness (QED) is 0.314. The molecule has 0 aliphatic heterocycles. The fourth-order valence-corrected chi connectivity index (χ4v) is 0.657. The van der Waals surface area contributed by atoms with Crippen LogP contribution in [0.5, 0.6) is 0 Å². The molecule has 52 valence electrons. The molecule has 0 saturated heterocycles. The smallest absolute Gasteiger partial charge is 0.119 e. The Kier molecular flexibility index (Phi) is 6.92. The summed E-state index contributed by atoms with van der Waals surface area (Å²) >= 11 is 0. The SMILES string of the molecule is C/C=C/CCCCC=O. The highest BCUT2D eigenvalue weighted by Crippen LogP contribution is 1.97. The van der Waals surface area contributed by atoms with Crippen molar-refractivity contribution in [2.75, 3.05) is 0 Å². The van der Waals surface area contributed by atoms with E-state index in [9.17, 15) is 4.79 Å². The van der Waals surface area contributed by atoms with Gasteiger partial charge in [0.25, 0.3) is 0 Å². The average Bonchev–Trinajstić information content (AvgIpc) is 1.89. The summed E-state index contributed by atoms with van der Waals surface area (Å²) in [6.45, 7) is 2.01. The maximum absolute atomic E-state index is 9.82. The van der Waals surface area contributed by atoms with Gasteiger partial charge in [0.1, 0.15) is 6.29 Å². The first-order valence-corrected chi connectivity index (χ1v) is 3.46. The second-order valence-electron chi connectivity index (χ2n) is 2.02. The van der Waals surface area contributed by atoms with E-state index in [1.54, 1.807) is 0 Å². The Balaban J connectivity index is 2.82. The molecule has 0 aliphatic carbocycles. The standard InChI is InChI=1S/C8H14O/c1-2-3-4-5-6-7-8-9/h2-3,8H,4-7H2,1H3/b3-2+. The van der Waals surface area contributed by atoms with E-state index in [0.717, 1.165) is 32.0 Å². The van der Waals surface area contributed by atoms with Gasteiger partial charge in [-0.2, -0.15) is 0 Å². The zero-order valence-electron chi connectivity index (χ0n) is 5.97. The van der Waals surface area contributed by atoms with Crippen molar-refractivity contribution >= 4 is 6.29 Å². The fourth-order valence-electron chi connectivity index (χ4n) is 0.657. The number of carbonyl (C=O) groups is 1. The lowest BCUT2D eigenvalue weighted by molar-refractivity contribution is -0.107. The fraction of sp³-hybridized carbons (Fsp3) is 0.625. The van der Waals surface area contributed by atoms with Crippen molar-refractivity contribution in [2.45, 2.75) is 32.6 Å². The molecule has 1 heteroatoms. The van der Waals surface area contributed by atoms with E-state index in [1.165, 1.54) is 0 Å². The molecular weight excluding hydrogens is 112 g/mol. The van der Waals surface area contributed by atoms with Crippen LogP contribution in [-0.4, -0.2) is 6.29 Å². The highest BCUT2D eigenvalue weighted by atomic mass is 16.1. The predicted octanol–water partition coefficient (Wildman–Crippen LogP) is 2.32. The Labute approximate surface area is 56.8 Å². The maximum Gasteiger partial charge on any atom is 0.119 e. The molecule has 0 atom stereocenters. The molecule has 9 heavy (non-hydrogen) atoms. The van der Waals surface area contributed by atoms with Gasteiger partial charge in [0.05, 0.1) is 0 Å². The summed E-state index contributed by atoms with van der Waals surface area (Å²) in [6.07, 6.45) is 9.17. The van der Waals surface area contributed by atoms with Crippen LogP contribution in [-0.2, 0) is 4.79 Å². The van der Waals surface area contributed by atoms with Crippen LogP contribution in [0.2, 0.25) is 0 Å². The number of allylic oxidation sites excluding steroid dienone is 2. The molecule has 0 N–H and O–H groups in total. The van der Waals surface area contributed by atoms with Crippen molar-refractivity contribution in [2.24, 2.45) is 0 Å². The number of unbranched alkanes of at least 4 members (excludes halogenated alkanes) is 3. The zero-order valence-corrected chi connectivity index (χ0v) is 5.97. The summed E-state index contributed by atoms with van der Waals surface area (Å²) in [5.41, 5.74) is 0. The van der Waals surface area contributed by atoms with E-state index in [0.29, 0.717) is 0 Å². The minimum Gasteiger partial charge on any atom is -0.303 e. The van der Waals surface area contributed by atoms with Gasteiger partial charge >= 0.3 is 0 Å². The van der Waals surface area contributed by atoms with E-state index in [4.69, 9.17) is 0 Å². The predicted molar refractivity (Wildman–Crippen MR) is 39.3 cm³/mol. The van der Waals surface area contributed by atoms with Gasteiger partial charge in [0.15, 0.2) is 0 Å². The van der Waals surface area contributed by atoms with Crippen molar-refractivity contribution in [3.05, 3.63) is 12.2 Å². The first kappa shape index (κ1) is 8.41. The van der Waals surface area contributed by atoms with Crippen LogP contribution in [0.4, 0.5) is 0 Å². The van der Waals surface area contributed by atoms with Gasteiger partial charge in [-0.05, 0) is 26.2 Å². The van der Waals surface area contributed by atoms with E-state index in [-0.39, 0.29) is 0 Å². The Morgan fingerprint density at radius 2 is 1.89 bits per heavy atom. The third-order valence-corrected chi connectivity index (χ3v) is 1.18. The summed E-state index contributed by atoms with van der Waals surface area (Å²) in [5, 5.41) is 0. The summed E-state index contributed by atoms with van der Waals surface area (Å²) in [7, 11) is 0. The number of carbonyl (C=O) groups excluding carboxylic acids is 1. The van der Waals surface area contributed by atoms with Crippen molar-refractivity contribution in [1.29, 1.82) is 0 Å². The highest BCUT2D eigenvalue weighted by molar-refractivity contribution is 5.48. The van der Waals surface area contributed by atoms with Gasteiger partial charge < -0.3 is 4.79 Å². The molecule has 0 bridgehead atoms. The molecular formula is C8H14O. The van der Waals surface area contributed by atoms with Gasteiger partial charge in [0.2, 0.25) is 0 Å². The summed E-state index contributed by atoms with van der Waals surface area (Å²) in [5.74, 6) is 0.